The van der Waals surface area contributed by atoms with Crippen LogP contribution in [0.15, 0.2) is 23.1 Å². The third-order valence-electron chi connectivity index (χ3n) is 2.57. The summed E-state index contributed by atoms with van der Waals surface area (Å²) in [4.78, 5) is 10.8. The average molecular weight is 324 g/mol. The molecular weight excluding hydrogens is 309 g/mol. The number of halogens is 2. The first-order valence-electron chi connectivity index (χ1n) is 5.65. The van der Waals surface area contributed by atoms with E-state index < -0.39 is 33.3 Å². The number of rotatable bonds is 4. The molecule has 8 heteroatoms. The molecule has 0 radical (unpaired) electrons. The highest BCUT2D eigenvalue weighted by Gasteiger charge is 2.35. The van der Waals surface area contributed by atoms with Crippen molar-refractivity contribution in [3.8, 4) is 0 Å². The van der Waals surface area contributed by atoms with E-state index in [-0.39, 0.29) is 9.92 Å². The predicted molar refractivity (Wildman–Crippen MR) is 72.6 cm³/mol. The molecule has 0 aliphatic heterocycles. The molecule has 0 amide bonds. The summed E-state index contributed by atoms with van der Waals surface area (Å²) in [6, 6.07) is 1.44. The third-order valence-corrected chi connectivity index (χ3v) is 4.48. The summed E-state index contributed by atoms with van der Waals surface area (Å²) in [5, 5.41) is 8.80. The molecular formula is C12H15ClFNO4S. The molecule has 0 heterocycles. The molecule has 1 aromatic carbocycles. The molecule has 112 valence electrons. The number of aliphatic carboxylic acids is 1. The Morgan fingerprint density at radius 2 is 1.95 bits per heavy atom. The van der Waals surface area contributed by atoms with Gasteiger partial charge in [-0.1, -0.05) is 32.4 Å². The van der Waals surface area contributed by atoms with Crippen LogP contribution in [-0.2, 0) is 14.8 Å². The molecule has 0 saturated heterocycles. The van der Waals surface area contributed by atoms with Crippen molar-refractivity contribution in [1.29, 1.82) is 0 Å². The minimum absolute atomic E-state index is 0.310. The molecule has 2 N–H and O–H groups in total. The molecule has 0 spiro atoms. The fraction of sp³-hybridized carbons (Fsp3) is 0.417. The van der Waals surface area contributed by atoms with Gasteiger partial charge in [0.15, 0.2) is 0 Å². The lowest BCUT2D eigenvalue weighted by atomic mass is 9.88. The maximum absolute atomic E-state index is 12.9. The van der Waals surface area contributed by atoms with Crippen molar-refractivity contribution in [3.05, 3.63) is 29.0 Å². The van der Waals surface area contributed by atoms with Crippen molar-refractivity contribution in [3.63, 3.8) is 0 Å². The fourth-order valence-corrected chi connectivity index (χ4v) is 3.44. The van der Waals surface area contributed by atoms with Crippen molar-refractivity contribution in [2.45, 2.75) is 31.7 Å². The summed E-state index contributed by atoms with van der Waals surface area (Å²) in [6.45, 7) is 4.75. The van der Waals surface area contributed by atoms with Crippen LogP contribution in [0.2, 0.25) is 5.02 Å². The van der Waals surface area contributed by atoms with Gasteiger partial charge in [0.1, 0.15) is 16.8 Å². The Morgan fingerprint density at radius 3 is 2.35 bits per heavy atom. The second kappa shape index (κ2) is 5.67. The zero-order chi connectivity index (χ0) is 15.7. The van der Waals surface area contributed by atoms with Crippen LogP contribution in [0.5, 0.6) is 0 Å². The van der Waals surface area contributed by atoms with E-state index >= 15 is 0 Å². The van der Waals surface area contributed by atoms with E-state index in [4.69, 9.17) is 16.7 Å². The van der Waals surface area contributed by atoms with Gasteiger partial charge in [-0.05, 0) is 23.6 Å². The molecule has 1 aromatic rings. The van der Waals surface area contributed by atoms with Crippen molar-refractivity contribution >= 4 is 27.6 Å². The van der Waals surface area contributed by atoms with E-state index in [1.807, 2.05) is 0 Å². The van der Waals surface area contributed by atoms with Crippen LogP contribution in [-0.4, -0.2) is 25.5 Å². The van der Waals surface area contributed by atoms with Crippen molar-refractivity contribution in [2.24, 2.45) is 5.41 Å². The lowest BCUT2D eigenvalue weighted by molar-refractivity contribution is -0.141. The minimum atomic E-state index is -4.16. The number of carbonyl (C=O) groups is 1. The predicted octanol–water partition coefficient (Wildman–Crippen LogP) is 2.26. The van der Waals surface area contributed by atoms with Gasteiger partial charge in [-0.2, -0.15) is 4.72 Å². The molecule has 0 aliphatic carbocycles. The van der Waals surface area contributed by atoms with Gasteiger partial charge in [-0.3, -0.25) is 4.79 Å². The van der Waals surface area contributed by atoms with Crippen LogP contribution in [0.25, 0.3) is 0 Å². The molecule has 0 bridgehead atoms. The van der Waals surface area contributed by atoms with Crippen LogP contribution in [0.1, 0.15) is 20.8 Å². The molecule has 0 saturated carbocycles. The summed E-state index contributed by atoms with van der Waals surface area (Å²) in [6.07, 6.45) is 0. The van der Waals surface area contributed by atoms with Gasteiger partial charge in [-0.25, -0.2) is 12.8 Å². The summed E-state index contributed by atoms with van der Waals surface area (Å²) in [7, 11) is -4.16. The Hall–Kier alpha value is -1.18. The first-order valence-corrected chi connectivity index (χ1v) is 7.51. The molecule has 1 atom stereocenters. The van der Waals surface area contributed by atoms with E-state index in [1.165, 1.54) is 0 Å². The number of hydrogen-bond acceptors (Lipinski definition) is 3. The average Bonchev–Trinajstić information content (AvgIpc) is 2.23. The lowest BCUT2D eigenvalue weighted by Crippen LogP contribution is -2.49. The van der Waals surface area contributed by atoms with Gasteiger partial charge in [0.2, 0.25) is 10.0 Å². The van der Waals surface area contributed by atoms with E-state index in [0.29, 0.717) is 0 Å². The highest BCUT2D eigenvalue weighted by molar-refractivity contribution is 7.89. The quantitative estimate of drug-likeness (QED) is 0.890. The molecule has 5 nitrogen and oxygen atoms in total. The number of hydrogen-bond donors (Lipinski definition) is 2. The van der Waals surface area contributed by atoms with Gasteiger partial charge < -0.3 is 5.11 Å². The van der Waals surface area contributed by atoms with Crippen molar-refractivity contribution in [1.82, 2.24) is 4.72 Å². The van der Waals surface area contributed by atoms with Crippen molar-refractivity contribution < 1.29 is 22.7 Å². The van der Waals surface area contributed by atoms with E-state index in [9.17, 15) is 17.6 Å². The fourth-order valence-electron chi connectivity index (χ4n) is 1.51. The van der Waals surface area contributed by atoms with Gasteiger partial charge in [-0.15, -0.1) is 0 Å². The Balaban J connectivity index is 3.20. The van der Waals surface area contributed by atoms with Crippen LogP contribution in [0.4, 0.5) is 4.39 Å². The monoisotopic (exact) mass is 323 g/mol. The number of carboxylic acid groups (broad SMARTS) is 1. The minimum Gasteiger partial charge on any atom is -0.480 e. The van der Waals surface area contributed by atoms with Crippen molar-refractivity contribution in [2.75, 3.05) is 0 Å². The summed E-state index contributed by atoms with van der Waals surface area (Å²) < 4.78 is 39.3. The summed E-state index contributed by atoms with van der Waals surface area (Å²) in [5.74, 6) is -1.99. The lowest BCUT2D eigenvalue weighted by Gasteiger charge is -2.27. The normalized spacial score (nSPS) is 14.1. The van der Waals surface area contributed by atoms with Gasteiger partial charge in [0, 0.05) is 0 Å². The van der Waals surface area contributed by atoms with Crippen LogP contribution >= 0.6 is 11.6 Å². The van der Waals surface area contributed by atoms with Crippen LogP contribution in [0, 0.1) is 11.2 Å². The molecule has 20 heavy (non-hydrogen) atoms. The second-order valence-electron chi connectivity index (χ2n) is 5.33. The molecule has 0 unspecified atom stereocenters. The standard InChI is InChI=1S/C12H15ClFNO4S/c1-12(2,3)10(11(16)17)15-20(18,19)9-5-4-7(14)6-8(9)13/h4-6,10,15H,1-3H3,(H,16,17)/t10-/m0/s1. The Bertz CT molecular complexity index is 625. The zero-order valence-electron chi connectivity index (χ0n) is 11.1. The van der Waals surface area contributed by atoms with Gasteiger partial charge in [0.05, 0.1) is 5.02 Å². The van der Waals surface area contributed by atoms with E-state index in [2.05, 4.69) is 4.72 Å². The first kappa shape index (κ1) is 16.9. The number of sulfonamides is 1. The van der Waals surface area contributed by atoms with E-state index in [1.54, 1.807) is 20.8 Å². The molecule has 0 aliphatic rings. The maximum atomic E-state index is 12.9. The smallest absolute Gasteiger partial charge is 0.322 e. The highest BCUT2D eigenvalue weighted by atomic mass is 35.5. The third kappa shape index (κ3) is 3.91. The maximum Gasteiger partial charge on any atom is 0.322 e. The second-order valence-corrected chi connectivity index (χ2v) is 7.42. The van der Waals surface area contributed by atoms with Crippen LogP contribution in [0.3, 0.4) is 0 Å². The Morgan fingerprint density at radius 1 is 1.40 bits per heavy atom. The van der Waals surface area contributed by atoms with Gasteiger partial charge >= 0.3 is 5.97 Å². The molecule has 0 aromatic heterocycles. The SMILES string of the molecule is CC(C)(C)[C@@H](NS(=O)(=O)c1ccc(F)cc1Cl)C(=O)O. The number of benzene rings is 1. The molecule has 1 rings (SSSR count). The summed E-state index contributed by atoms with van der Waals surface area (Å²) in [5.41, 5.74) is -0.842. The van der Waals surface area contributed by atoms with E-state index in [0.717, 1.165) is 18.2 Å². The number of carboxylic acids is 1. The summed E-state index contributed by atoms with van der Waals surface area (Å²) >= 11 is 5.68. The van der Waals surface area contributed by atoms with Crippen LogP contribution < -0.4 is 4.72 Å². The zero-order valence-corrected chi connectivity index (χ0v) is 12.7. The topological polar surface area (TPSA) is 83.5 Å². The van der Waals surface area contributed by atoms with Gasteiger partial charge in [0.25, 0.3) is 0 Å². The number of nitrogens with one attached hydrogen (secondary N) is 1. The first-order chi connectivity index (χ1) is 8.95. The largest absolute Gasteiger partial charge is 0.480 e. The highest BCUT2D eigenvalue weighted by Crippen LogP contribution is 2.25. The molecule has 0 fully saturated rings. The Kier molecular flexibility index (Phi) is 4.78. The Labute approximate surface area is 121 Å².